The van der Waals surface area contributed by atoms with Crippen molar-refractivity contribution in [2.45, 2.75) is 25.9 Å². The highest BCUT2D eigenvalue weighted by molar-refractivity contribution is 6.01. The van der Waals surface area contributed by atoms with Crippen molar-refractivity contribution in [3.63, 3.8) is 0 Å². The van der Waals surface area contributed by atoms with Gasteiger partial charge in [0.15, 0.2) is 5.82 Å². The fourth-order valence-corrected chi connectivity index (χ4v) is 3.84. The third-order valence-corrected chi connectivity index (χ3v) is 5.83. The number of H-pyrrole nitrogens is 1. The van der Waals surface area contributed by atoms with E-state index < -0.39 is 16.7 Å². The molecule has 0 radical (unpaired) electrons. The van der Waals surface area contributed by atoms with Crippen LogP contribution in [0.25, 0.3) is 38.9 Å². The Morgan fingerprint density at radius 3 is 2.57 bits per heavy atom. The van der Waals surface area contributed by atoms with Crippen LogP contribution in [0.4, 0.5) is 0 Å². The molecule has 1 aromatic carbocycles. The minimum atomic E-state index is -0.784. The summed E-state index contributed by atoms with van der Waals surface area (Å²) in [5, 5.41) is 19.0. The molecule has 5 aromatic rings. The minimum absolute atomic E-state index is 0.193. The van der Waals surface area contributed by atoms with Crippen molar-refractivity contribution in [1.82, 2.24) is 29.5 Å². The van der Waals surface area contributed by atoms with E-state index in [1.54, 1.807) is 56.6 Å². The number of nitrogens with zero attached hydrogens (tertiary/aromatic N) is 6. The van der Waals surface area contributed by atoms with Gasteiger partial charge in [0, 0.05) is 24.2 Å². The monoisotopic (exact) mass is 465 g/mol. The summed E-state index contributed by atoms with van der Waals surface area (Å²) >= 11 is 0. The highest BCUT2D eigenvalue weighted by Gasteiger charge is 2.21. The largest absolute Gasteiger partial charge is 0.388 e. The maximum atomic E-state index is 13.1. The summed E-state index contributed by atoms with van der Waals surface area (Å²) in [7, 11) is 0. The van der Waals surface area contributed by atoms with Crippen LogP contribution in [0, 0.1) is 11.3 Å². The second-order valence-corrected chi connectivity index (χ2v) is 8.51. The molecule has 4 heterocycles. The van der Waals surface area contributed by atoms with Crippen molar-refractivity contribution in [3.05, 3.63) is 87.2 Å². The van der Waals surface area contributed by atoms with Crippen LogP contribution < -0.4 is 11.2 Å². The van der Waals surface area contributed by atoms with Crippen molar-refractivity contribution >= 4 is 21.9 Å². The third kappa shape index (κ3) is 3.74. The number of hydrogen-bond acceptors (Lipinski definition) is 8. The van der Waals surface area contributed by atoms with Crippen LogP contribution in [-0.4, -0.2) is 34.6 Å². The fraction of sp³-hybridized carbons (Fsp3) is 0.160. The van der Waals surface area contributed by atoms with E-state index in [2.05, 4.69) is 26.0 Å². The Kier molecular flexibility index (Phi) is 5.19. The highest BCUT2D eigenvalue weighted by atomic mass is 16.3. The molecule has 0 aliphatic carbocycles. The number of benzene rings is 1. The normalized spacial score (nSPS) is 11.6. The van der Waals surface area contributed by atoms with Crippen molar-refractivity contribution in [2.75, 3.05) is 0 Å². The molecule has 0 spiro atoms. The van der Waals surface area contributed by atoms with Gasteiger partial charge < -0.3 is 5.11 Å². The number of fused-ring (bicyclic) bond motifs is 3. The average molecular weight is 465 g/mol. The zero-order chi connectivity index (χ0) is 24.7. The van der Waals surface area contributed by atoms with Crippen LogP contribution in [0.5, 0.6) is 0 Å². The van der Waals surface area contributed by atoms with E-state index in [0.29, 0.717) is 33.5 Å². The lowest BCUT2D eigenvalue weighted by molar-refractivity contribution is 0.271. The number of aliphatic hydroxyl groups excluding tert-OH is 1. The molecule has 0 bridgehead atoms. The van der Waals surface area contributed by atoms with Crippen LogP contribution in [0.3, 0.4) is 0 Å². The van der Waals surface area contributed by atoms with Crippen molar-refractivity contribution in [1.29, 1.82) is 5.26 Å². The minimum Gasteiger partial charge on any atom is -0.388 e. The second kappa shape index (κ2) is 8.23. The van der Waals surface area contributed by atoms with Gasteiger partial charge in [0.2, 0.25) is 0 Å². The molecule has 4 aromatic heterocycles. The molecule has 0 aliphatic heterocycles. The van der Waals surface area contributed by atoms with Gasteiger partial charge in [-0.15, -0.1) is 0 Å². The third-order valence-electron chi connectivity index (χ3n) is 5.83. The van der Waals surface area contributed by atoms with Gasteiger partial charge in [-0.2, -0.15) is 5.26 Å². The summed E-state index contributed by atoms with van der Waals surface area (Å²) in [5.41, 5.74) is 1.44. The lowest BCUT2D eigenvalue weighted by atomic mass is 9.86. The maximum Gasteiger partial charge on any atom is 0.333 e. The summed E-state index contributed by atoms with van der Waals surface area (Å²) in [6, 6.07) is 12.8. The lowest BCUT2D eigenvalue weighted by Crippen LogP contribution is -2.30. The first-order valence-corrected chi connectivity index (χ1v) is 10.7. The van der Waals surface area contributed by atoms with E-state index in [0.717, 1.165) is 5.56 Å². The first kappa shape index (κ1) is 22.1. The zero-order valence-corrected chi connectivity index (χ0v) is 18.9. The fourth-order valence-electron chi connectivity index (χ4n) is 3.84. The first-order chi connectivity index (χ1) is 16.8. The van der Waals surface area contributed by atoms with E-state index in [9.17, 15) is 20.0 Å². The molecular formula is C25H19N7O3. The van der Waals surface area contributed by atoms with Gasteiger partial charge in [0.25, 0.3) is 5.56 Å². The predicted molar refractivity (Wildman–Crippen MR) is 129 cm³/mol. The van der Waals surface area contributed by atoms with Crippen LogP contribution in [0.2, 0.25) is 0 Å². The molecule has 0 saturated heterocycles. The van der Waals surface area contributed by atoms with Gasteiger partial charge in [0.05, 0.1) is 39.3 Å². The van der Waals surface area contributed by atoms with Crippen LogP contribution in [-0.2, 0) is 12.0 Å². The summed E-state index contributed by atoms with van der Waals surface area (Å²) in [5.74, 6) is 0.280. The van der Waals surface area contributed by atoms with Gasteiger partial charge in [-0.3, -0.25) is 19.3 Å². The Labute approximate surface area is 198 Å². The number of rotatable bonds is 4. The molecular weight excluding hydrogens is 446 g/mol. The second-order valence-electron chi connectivity index (χ2n) is 8.51. The summed E-state index contributed by atoms with van der Waals surface area (Å²) < 4.78 is 1.37. The molecule has 35 heavy (non-hydrogen) atoms. The number of pyridine rings is 2. The smallest absolute Gasteiger partial charge is 0.333 e. The van der Waals surface area contributed by atoms with Crippen molar-refractivity contribution in [3.8, 4) is 23.0 Å². The lowest BCUT2D eigenvalue weighted by Gasteiger charge is -2.18. The molecule has 0 amide bonds. The SMILES string of the molecule is CC(C)(C#N)c1cccc(-n2c(=O)[nH]c(=O)c3cnc4ccc(-c5cnc(CO)nc5)nc4c32)c1. The van der Waals surface area contributed by atoms with Gasteiger partial charge in [0.1, 0.15) is 12.1 Å². The van der Waals surface area contributed by atoms with Crippen LogP contribution in [0.1, 0.15) is 25.2 Å². The first-order valence-electron chi connectivity index (χ1n) is 10.7. The molecule has 10 heteroatoms. The molecule has 0 aliphatic rings. The Bertz CT molecular complexity index is 1760. The van der Waals surface area contributed by atoms with E-state index in [-0.39, 0.29) is 17.8 Å². The van der Waals surface area contributed by atoms with Crippen molar-refractivity contribution < 1.29 is 5.11 Å². The molecule has 10 nitrogen and oxygen atoms in total. The van der Waals surface area contributed by atoms with Gasteiger partial charge >= 0.3 is 5.69 Å². The molecule has 0 saturated carbocycles. The summed E-state index contributed by atoms with van der Waals surface area (Å²) in [6.07, 6.45) is 4.49. The van der Waals surface area contributed by atoms with Gasteiger partial charge in [-0.05, 0) is 43.7 Å². The zero-order valence-electron chi connectivity index (χ0n) is 18.9. The number of hydrogen-bond donors (Lipinski definition) is 2. The number of aromatic nitrogens is 6. The standard InChI is InChI=1S/C25H19N7O3/c1-25(2,13-26)15-4-3-5-16(8-15)32-22-17(23(34)31-24(32)35)11-27-19-7-6-18(30-21(19)22)14-9-28-20(12-33)29-10-14/h3-11,33H,12H2,1-2H3,(H,31,34,35). The quantitative estimate of drug-likeness (QED) is 0.384. The van der Waals surface area contributed by atoms with Gasteiger partial charge in [-0.25, -0.2) is 19.7 Å². The van der Waals surface area contributed by atoms with E-state index in [1.807, 2.05) is 6.07 Å². The molecule has 5 rings (SSSR count). The molecule has 172 valence electrons. The molecule has 0 fully saturated rings. The van der Waals surface area contributed by atoms with E-state index >= 15 is 0 Å². The number of aromatic amines is 1. The Balaban J connectivity index is 1.84. The number of nitriles is 1. The van der Waals surface area contributed by atoms with Crippen LogP contribution in [0.15, 0.2) is 64.6 Å². The topological polar surface area (TPSA) is 150 Å². The van der Waals surface area contributed by atoms with E-state index in [1.165, 1.54) is 10.8 Å². The Hall–Kier alpha value is -4.75. The van der Waals surface area contributed by atoms with E-state index in [4.69, 9.17) is 4.98 Å². The average Bonchev–Trinajstić information content (AvgIpc) is 2.88. The van der Waals surface area contributed by atoms with Gasteiger partial charge in [-0.1, -0.05) is 12.1 Å². The van der Waals surface area contributed by atoms with Crippen LogP contribution >= 0.6 is 0 Å². The Morgan fingerprint density at radius 1 is 1.09 bits per heavy atom. The maximum absolute atomic E-state index is 13.1. The molecule has 2 N–H and O–H groups in total. The van der Waals surface area contributed by atoms with Crippen molar-refractivity contribution in [2.24, 2.45) is 0 Å². The molecule has 0 atom stereocenters. The predicted octanol–water partition coefficient (Wildman–Crippen LogP) is 2.37. The summed E-state index contributed by atoms with van der Waals surface area (Å²) in [4.78, 5) is 45.4. The number of nitrogens with one attached hydrogen (secondary N) is 1. The molecule has 0 unspecified atom stereocenters. The highest BCUT2D eigenvalue weighted by Crippen LogP contribution is 2.27. The Morgan fingerprint density at radius 2 is 1.86 bits per heavy atom. The summed E-state index contributed by atoms with van der Waals surface area (Å²) in [6.45, 7) is 3.30. The number of aliphatic hydroxyl groups is 1.